The van der Waals surface area contributed by atoms with E-state index in [0.29, 0.717) is 0 Å². The minimum absolute atomic E-state index is 0.954. The zero-order valence-corrected chi connectivity index (χ0v) is 37.0. The van der Waals surface area contributed by atoms with Crippen molar-refractivity contribution in [1.82, 2.24) is 0 Å². The van der Waals surface area contributed by atoms with Gasteiger partial charge in [-0.1, -0.05) is 299 Å². The van der Waals surface area contributed by atoms with Crippen LogP contribution in [-0.2, 0) is 0 Å². The van der Waals surface area contributed by atoms with Crippen molar-refractivity contribution >= 4 is 0 Å². The lowest BCUT2D eigenvalue weighted by Crippen LogP contribution is -2.08. The number of rotatable bonds is 41. The standard InChI is InChI=1S/C30H62.C20H42/c1-5-8-11-14-17-18-21-24-27-30(26-23-20-16-13-10-7-3)28-29(4)25-22-19-15-12-9-6-2;1-4-6-8-10-12-13-15-17-19-20(3)18-16-14-11-9-7-5-2/h29-30H,5-28H2,1-4H3;20H,4-19H2,1-3H3. The average Bonchev–Trinajstić information content (AvgIpc) is 3.11. The van der Waals surface area contributed by atoms with E-state index >= 15 is 0 Å². The summed E-state index contributed by atoms with van der Waals surface area (Å²) in [5.41, 5.74) is 0. The first-order valence-electron chi connectivity index (χ1n) is 24.5. The zero-order valence-electron chi connectivity index (χ0n) is 37.0. The minimum Gasteiger partial charge on any atom is -0.0654 e. The Hall–Kier alpha value is 0. The summed E-state index contributed by atoms with van der Waals surface area (Å²) in [6, 6.07) is 0. The van der Waals surface area contributed by atoms with E-state index in [1.165, 1.54) is 257 Å². The third-order valence-electron chi connectivity index (χ3n) is 11.8. The van der Waals surface area contributed by atoms with Crippen molar-refractivity contribution < 1.29 is 0 Å². The van der Waals surface area contributed by atoms with Crippen LogP contribution in [0.3, 0.4) is 0 Å². The summed E-state index contributed by atoms with van der Waals surface area (Å²) < 4.78 is 0. The van der Waals surface area contributed by atoms with Crippen molar-refractivity contribution in [3.8, 4) is 0 Å². The molecule has 0 nitrogen and oxygen atoms in total. The SMILES string of the molecule is CCCCCCCCCCC(C)CCCCCCCC.CCCCCCCCCCC(CCCCCCCC)CC(C)CCCCCCCC. The van der Waals surface area contributed by atoms with Gasteiger partial charge < -0.3 is 0 Å². The van der Waals surface area contributed by atoms with Gasteiger partial charge in [0.1, 0.15) is 0 Å². The second-order valence-electron chi connectivity index (χ2n) is 17.5. The second-order valence-corrected chi connectivity index (χ2v) is 17.5. The van der Waals surface area contributed by atoms with E-state index in [-0.39, 0.29) is 0 Å². The first-order valence-corrected chi connectivity index (χ1v) is 24.5. The largest absolute Gasteiger partial charge is 0.0654 e. The predicted molar refractivity (Wildman–Crippen MR) is 235 cm³/mol. The molecule has 304 valence electrons. The van der Waals surface area contributed by atoms with E-state index in [9.17, 15) is 0 Å². The van der Waals surface area contributed by atoms with Crippen LogP contribution in [-0.4, -0.2) is 0 Å². The Balaban J connectivity index is 0. The molecule has 0 fully saturated rings. The fourth-order valence-corrected chi connectivity index (χ4v) is 8.16. The fourth-order valence-electron chi connectivity index (χ4n) is 8.16. The molecular formula is C50H104. The van der Waals surface area contributed by atoms with Gasteiger partial charge in [0.2, 0.25) is 0 Å². The van der Waals surface area contributed by atoms with E-state index in [1.807, 2.05) is 0 Å². The molecule has 3 unspecified atom stereocenters. The third kappa shape index (κ3) is 46.0. The van der Waals surface area contributed by atoms with Crippen LogP contribution in [0.4, 0.5) is 0 Å². The summed E-state index contributed by atoms with van der Waals surface area (Å²) in [5.74, 6) is 2.95. The average molecular weight is 705 g/mol. The van der Waals surface area contributed by atoms with Crippen LogP contribution in [0.1, 0.15) is 305 Å². The lowest BCUT2D eigenvalue weighted by molar-refractivity contribution is 0.313. The van der Waals surface area contributed by atoms with Gasteiger partial charge >= 0.3 is 0 Å². The highest BCUT2D eigenvalue weighted by atomic mass is 14.2. The normalized spacial score (nSPS) is 13.3. The van der Waals surface area contributed by atoms with Crippen LogP contribution in [0.25, 0.3) is 0 Å². The Morgan fingerprint density at radius 3 is 0.680 bits per heavy atom. The Kier molecular flexibility index (Phi) is 49.0. The van der Waals surface area contributed by atoms with Crippen molar-refractivity contribution in [1.29, 1.82) is 0 Å². The molecule has 0 aromatic carbocycles. The topological polar surface area (TPSA) is 0 Å². The Bertz CT molecular complexity index is 550. The molecule has 0 radical (unpaired) electrons. The molecule has 0 bridgehead atoms. The summed E-state index contributed by atoms with van der Waals surface area (Å²) in [6.07, 6.45) is 58.5. The van der Waals surface area contributed by atoms with Gasteiger partial charge in [0, 0.05) is 0 Å². The Labute approximate surface area is 322 Å². The van der Waals surface area contributed by atoms with Crippen LogP contribution in [0.2, 0.25) is 0 Å². The molecule has 3 atom stereocenters. The number of hydrogen-bond donors (Lipinski definition) is 0. The molecule has 50 heavy (non-hydrogen) atoms. The maximum Gasteiger partial charge on any atom is -0.0412 e. The smallest absolute Gasteiger partial charge is 0.0412 e. The summed E-state index contributed by atoms with van der Waals surface area (Å²) >= 11 is 0. The van der Waals surface area contributed by atoms with Gasteiger partial charge in [0.05, 0.1) is 0 Å². The molecule has 0 spiro atoms. The highest BCUT2D eigenvalue weighted by Gasteiger charge is 2.13. The molecule has 0 heteroatoms. The van der Waals surface area contributed by atoms with E-state index in [4.69, 9.17) is 0 Å². The first kappa shape index (κ1) is 52.1. The van der Waals surface area contributed by atoms with Gasteiger partial charge in [-0.15, -0.1) is 0 Å². The molecular weight excluding hydrogens is 601 g/mol. The van der Waals surface area contributed by atoms with Crippen LogP contribution in [0, 0.1) is 17.8 Å². The third-order valence-corrected chi connectivity index (χ3v) is 11.8. The molecule has 0 saturated carbocycles. The highest BCUT2D eigenvalue weighted by Crippen LogP contribution is 2.28. The van der Waals surface area contributed by atoms with E-state index < -0.39 is 0 Å². The Morgan fingerprint density at radius 2 is 0.420 bits per heavy atom. The molecule has 0 aliphatic heterocycles. The van der Waals surface area contributed by atoms with Crippen molar-refractivity contribution in [3.63, 3.8) is 0 Å². The molecule has 0 aliphatic rings. The van der Waals surface area contributed by atoms with Crippen LogP contribution < -0.4 is 0 Å². The molecule has 0 aliphatic carbocycles. The lowest BCUT2D eigenvalue weighted by Gasteiger charge is -2.21. The van der Waals surface area contributed by atoms with Gasteiger partial charge in [-0.3, -0.25) is 0 Å². The Morgan fingerprint density at radius 1 is 0.220 bits per heavy atom. The van der Waals surface area contributed by atoms with Gasteiger partial charge in [-0.2, -0.15) is 0 Å². The summed E-state index contributed by atoms with van der Waals surface area (Å²) in [5, 5.41) is 0. The van der Waals surface area contributed by atoms with Crippen molar-refractivity contribution in [2.45, 2.75) is 305 Å². The van der Waals surface area contributed by atoms with Crippen molar-refractivity contribution in [2.24, 2.45) is 17.8 Å². The summed E-state index contributed by atoms with van der Waals surface area (Å²) in [7, 11) is 0. The summed E-state index contributed by atoms with van der Waals surface area (Å²) in [4.78, 5) is 0. The van der Waals surface area contributed by atoms with Crippen LogP contribution in [0.15, 0.2) is 0 Å². The molecule has 0 heterocycles. The van der Waals surface area contributed by atoms with Gasteiger partial charge in [0.15, 0.2) is 0 Å². The predicted octanol–water partition coefficient (Wildman–Crippen LogP) is 19.6. The van der Waals surface area contributed by atoms with Gasteiger partial charge in [0.25, 0.3) is 0 Å². The quantitative estimate of drug-likeness (QED) is 0.0556. The molecule has 0 amide bonds. The van der Waals surface area contributed by atoms with Gasteiger partial charge in [-0.05, 0) is 24.2 Å². The maximum atomic E-state index is 2.55. The molecule has 0 aromatic heterocycles. The number of unbranched alkanes of at least 4 members (excludes halogenated alkanes) is 29. The van der Waals surface area contributed by atoms with E-state index in [0.717, 1.165) is 17.8 Å². The highest BCUT2D eigenvalue weighted by molar-refractivity contribution is 4.66. The lowest BCUT2D eigenvalue weighted by atomic mass is 9.85. The van der Waals surface area contributed by atoms with E-state index in [1.54, 1.807) is 0 Å². The summed E-state index contributed by atoms with van der Waals surface area (Å²) in [6.45, 7) is 16.6. The molecule has 0 N–H and O–H groups in total. The van der Waals surface area contributed by atoms with Crippen LogP contribution >= 0.6 is 0 Å². The van der Waals surface area contributed by atoms with Crippen LogP contribution in [0.5, 0.6) is 0 Å². The molecule has 0 aromatic rings. The fraction of sp³-hybridized carbons (Fsp3) is 1.00. The van der Waals surface area contributed by atoms with Crippen molar-refractivity contribution in [2.75, 3.05) is 0 Å². The van der Waals surface area contributed by atoms with Gasteiger partial charge in [-0.25, -0.2) is 0 Å². The second kappa shape index (κ2) is 47.0. The molecule has 0 rings (SSSR count). The first-order chi connectivity index (χ1) is 24.5. The van der Waals surface area contributed by atoms with Crippen molar-refractivity contribution in [3.05, 3.63) is 0 Å². The van der Waals surface area contributed by atoms with E-state index in [2.05, 4.69) is 48.5 Å². The number of hydrogen-bond acceptors (Lipinski definition) is 0. The minimum atomic E-state index is 0.954. The monoisotopic (exact) mass is 705 g/mol. The maximum absolute atomic E-state index is 2.55. The zero-order chi connectivity index (χ0) is 37.0. The molecule has 0 saturated heterocycles.